The average Bonchev–Trinajstić information content (AvgIpc) is 2.97. The molecule has 1 aliphatic rings. The summed E-state index contributed by atoms with van der Waals surface area (Å²) < 4.78 is 5.02. The first kappa shape index (κ1) is 19.1. The molecule has 2 aromatic rings. The van der Waals surface area contributed by atoms with Crippen molar-refractivity contribution < 1.29 is 19.1 Å². The van der Waals surface area contributed by atoms with Crippen LogP contribution in [0.4, 0.5) is 5.00 Å². The molecule has 0 saturated heterocycles. The number of hydrogen-bond donors (Lipinski definition) is 2. The predicted octanol–water partition coefficient (Wildman–Crippen LogP) is 3.46. The molecule has 1 aromatic heterocycles. The number of primary amides is 1. The van der Waals surface area contributed by atoms with Gasteiger partial charge in [0.1, 0.15) is 9.88 Å². The smallest absolute Gasteiger partial charge is 0.348 e. The molecule has 1 heterocycles. The summed E-state index contributed by atoms with van der Waals surface area (Å²) in [5, 5.41) is 3.01. The highest BCUT2D eigenvalue weighted by Gasteiger charge is 2.25. The lowest BCUT2D eigenvalue weighted by atomic mass is 9.90. The number of hydrogen-bond acceptors (Lipinski definition) is 5. The second-order valence-corrected chi connectivity index (χ2v) is 7.51. The fourth-order valence-electron chi connectivity index (χ4n) is 3.34. The van der Waals surface area contributed by atoms with Crippen molar-refractivity contribution in [3.8, 4) is 0 Å². The molecule has 0 bridgehead atoms. The largest absolute Gasteiger partial charge is 0.462 e. The van der Waals surface area contributed by atoms with Crippen molar-refractivity contribution >= 4 is 34.1 Å². The summed E-state index contributed by atoms with van der Waals surface area (Å²) in [6.07, 6.45) is 4.30. The van der Waals surface area contributed by atoms with Gasteiger partial charge in [0.2, 0.25) is 0 Å². The van der Waals surface area contributed by atoms with Gasteiger partial charge in [0, 0.05) is 5.56 Å². The Balaban J connectivity index is 1.90. The minimum atomic E-state index is -0.694. The zero-order chi connectivity index (χ0) is 19.6. The number of benzene rings is 1. The van der Waals surface area contributed by atoms with Crippen molar-refractivity contribution in [1.82, 2.24) is 0 Å². The molecule has 2 amide bonds. The lowest BCUT2D eigenvalue weighted by Crippen LogP contribution is -2.18. The number of rotatable bonds is 5. The van der Waals surface area contributed by atoms with Gasteiger partial charge < -0.3 is 15.8 Å². The van der Waals surface area contributed by atoms with Gasteiger partial charge in [0.05, 0.1) is 12.2 Å². The molecule has 0 atom stereocenters. The van der Waals surface area contributed by atoms with Crippen LogP contribution in [-0.4, -0.2) is 24.4 Å². The van der Waals surface area contributed by atoms with Crippen molar-refractivity contribution in [2.75, 3.05) is 11.9 Å². The quantitative estimate of drug-likeness (QED) is 0.769. The molecule has 0 aliphatic heterocycles. The maximum absolute atomic E-state index is 12.7. The van der Waals surface area contributed by atoms with E-state index in [9.17, 15) is 14.4 Å². The third-order valence-electron chi connectivity index (χ3n) is 4.69. The van der Waals surface area contributed by atoms with Crippen LogP contribution in [0.25, 0.3) is 0 Å². The van der Waals surface area contributed by atoms with Crippen molar-refractivity contribution in [1.29, 1.82) is 0 Å². The standard InChI is InChI=1S/C20H22N2O4S/c1-3-26-20(25)16-11(2)15(17(21)23)19(27-16)22-18(24)14-9-8-12-6-4-5-7-13(12)10-14/h8-10H,3-7H2,1-2H3,(H2,21,23)(H,22,24). The molecule has 142 valence electrons. The zero-order valence-electron chi connectivity index (χ0n) is 15.4. The summed E-state index contributed by atoms with van der Waals surface area (Å²) >= 11 is 1.01. The van der Waals surface area contributed by atoms with E-state index < -0.39 is 11.9 Å². The molecular formula is C20H22N2O4S. The Hall–Kier alpha value is -2.67. The summed E-state index contributed by atoms with van der Waals surface area (Å²) in [7, 11) is 0. The van der Waals surface area contributed by atoms with Gasteiger partial charge in [-0.3, -0.25) is 9.59 Å². The van der Waals surface area contributed by atoms with E-state index in [0.717, 1.165) is 30.6 Å². The van der Waals surface area contributed by atoms with Gasteiger partial charge in [0.25, 0.3) is 11.8 Å². The number of esters is 1. The molecular weight excluding hydrogens is 364 g/mol. The number of anilines is 1. The Morgan fingerprint density at radius 1 is 1.19 bits per heavy atom. The average molecular weight is 386 g/mol. The Morgan fingerprint density at radius 2 is 1.89 bits per heavy atom. The number of nitrogens with two attached hydrogens (primary N) is 1. The van der Waals surface area contributed by atoms with Gasteiger partial charge in [-0.15, -0.1) is 11.3 Å². The van der Waals surface area contributed by atoms with E-state index in [1.165, 1.54) is 17.5 Å². The number of thiophene rings is 1. The van der Waals surface area contributed by atoms with E-state index in [1.54, 1.807) is 19.9 Å². The minimum absolute atomic E-state index is 0.148. The molecule has 1 aliphatic carbocycles. The number of fused-ring (bicyclic) bond motifs is 1. The van der Waals surface area contributed by atoms with Crippen LogP contribution in [0.5, 0.6) is 0 Å². The highest BCUT2D eigenvalue weighted by atomic mass is 32.1. The van der Waals surface area contributed by atoms with Crippen molar-refractivity contribution in [2.24, 2.45) is 5.73 Å². The number of ether oxygens (including phenoxy) is 1. The number of carbonyl (C=O) groups excluding carboxylic acids is 3. The fraction of sp³-hybridized carbons (Fsp3) is 0.350. The third-order valence-corrected chi connectivity index (χ3v) is 5.88. The highest BCUT2D eigenvalue weighted by Crippen LogP contribution is 2.34. The molecule has 7 heteroatoms. The SMILES string of the molecule is CCOC(=O)c1sc(NC(=O)c2ccc3c(c2)CCCC3)c(C(N)=O)c1C. The second kappa shape index (κ2) is 7.92. The van der Waals surface area contributed by atoms with E-state index in [4.69, 9.17) is 10.5 Å². The highest BCUT2D eigenvalue weighted by molar-refractivity contribution is 7.18. The molecule has 0 fully saturated rings. The Morgan fingerprint density at radius 3 is 2.56 bits per heavy atom. The van der Waals surface area contributed by atoms with Crippen LogP contribution in [0, 0.1) is 6.92 Å². The zero-order valence-corrected chi connectivity index (χ0v) is 16.2. The van der Waals surface area contributed by atoms with Crippen LogP contribution < -0.4 is 11.1 Å². The van der Waals surface area contributed by atoms with Gasteiger partial charge in [-0.05, 0) is 68.4 Å². The van der Waals surface area contributed by atoms with Crippen LogP contribution in [0.2, 0.25) is 0 Å². The van der Waals surface area contributed by atoms with E-state index in [2.05, 4.69) is 5.32 Å². The number of carbonyl (C=O) groups is 3. The molecule has 27 heavy (non-hydrogen) atoms. The maximum Gasteiger partial charge on any atom is 0.348 e. The van der Waals surface area contributed by atoms with E-state index in [0.29, 0.717) is 11.1 Å². The fourth-order valence-corrected chi connectivity index (χ4v) is 4.44. The van der Waals surface area contributed by atoms with Gasteiger partial charge >= 0.3 is 5.97 Å². The third kappa shape index (κ3) is 3.88. The monoisotopic (exact) mass is 386 g/mol. The normalized spacial score (nSPS) is 13.0. The molecule has 0 unspecified atom stereocenters. The lowest BCUT2D eigenvalue weighted by molar-refractivity contribution is 0.0531. The van der Waals surface area contributed by atoms with Crippen LogP contribution in [0.3, 0.4) is 0 Å². The Bertz CT molecular complexity index is 917. The predicted molar refractivity (Wildman–Crippen MR) is 105 cm³/mol. The number of amides is 2. The topological polar surface area (TPSA) is 98.5 Å². The molecule has 3 rings (SSSR count). The van der Waals surface area contributed by atoms with Crippen molar-refractivity contribution in [3.63, 3.8) is 0 Å². The number of nitrogens with one attached hydrogen (secondary N) is 1. The molecule has 0 saturated carbocycles. The minimum Gasteiger partial charge on any atom is -0.462 e. The summed E-state index contributed by atoms with van der Waals surface area (Å²) in [5.41, 5.74) is 9.04. The van der Waals surface area contributed by atoms with Gasteiger partial charge in [-0.25, -0.2) is 4.79 Å². The van der Waals surface area contributed by atoms with Crippen LogP contribution in [0.15, 0.2) is 18.2 Å². The second-order valence-electron chi connectivity index (χ2n) is 6.49. The van der Waals surface area contributed by atoms with Crippen molar-refractivity contribution in [2.45, 2.75) is 39.5 Å². The lowest BCUT2D eigenvalue weighted by Gasteiger charge is -2.16. The Labute approximate surface area is 161 Å². The van der Waals surface area contributed by atoms with E-state index in [-0.39, 0.29) is 28.0 Å². The Kier molecular flexibility index (Phi) is 5.60. The maximum atomic E-state index is 12.7. The molecule has 3 N–H and O–H groups in total. The van der Waals surface area contributed by atoms with E-state index >= 15 is 0 Å². The molecule has 0 radical (unpaired) electrons. The first-order valence-corrected chi connectivity index (χ1v) is 9.77. The molecule has 1 aromatic carbocycles. The molecule has 6 nitrogen and oxygen atoms in total. The summed E-state index contributed by atoms with van der Waals surface area (Å²) in [6, 6.07) is 5.68. The van der Waals surface area contributed by atoms with E-state index in [1.807, 2.05) is 12.1 Å². The summed E-state index contributed by atoms with van der Waals surface area (Å²) in [4.78, 5) is 37.0. The van der Waals surface area contributed by atoms with Crippen LogP contribution in [0.1, 0.15) is 66.8 Å². The van der Waals surface area contributed by atoms with Gasteiger partial charge in [-0.1, -0.05) is 6.07 Å². The van der Waals surface area contributed by atoms with Gasteiger partial charge in [0.15, 0.2) is 0 Å². The van der Waals surface area contributed by atoms with Crippen LogP contribution in [-0.2, 0) is 17.6 Å². The first-order valence-electron chi connectivity index (χ1n) is 8.95. The van der Waals surface area contributed by atoms with Gasteiger partial charge in [-0.2, -0.15) is 0 Å². The first-order chi connectivity index (χ1) is 12.9. The molecule has 0 spiro atoms. The summed E-state index contributed by atoms with van der Waals surface area (Å²) in [6.45, 7) is 3.55. The summed E-state index contributed by atoms with van der Waals surface area (Å²) in [5.74, 6) is -1.56. The number of aryl methyl sites for hydroxylation is 2. The van der Waals surface area contributed by atoms with Crippen molar-refractivity contribution in [3.05, 3.63) is 50.9 Å². The van der Waals surface area contributed by atoms with Crippen LogP contribution >= 0.6 is 11.3 Å².